The molecule has 2 amide bonds. The fraction of sp³-hybridized carbons (Fsp3) is 0.458. The van der Waals surface area contributed by atoms with Gasteiger partial charge in [0.25, 0.3) is 0 Å². The normalized spacial score (nSPS) is 18.7. The van der Waals surface area contributed by atoms with E-state index in [1.54, 1.807) is 18.2 Å². The maximum Gasteiger partial charge on any atom is 0.227 e. The average molecular weight is 425 g/mol. The molecule has 6 nitrogen and oxygen atoms in total. The van der Waals surface area contributed by atoms with Crippen LogP contribution in [-0.4, -0.2) is 52.8 Å². The van der Waals surface area contributed by atoms with E-state index >= 15 is 0 Å². The van der Waals surface area contributed by atoms with Crippen LogP contribution in [0.4, 0.5) is 10.1 Å². The Kier molecular flexibility index (Phi) is 6.92. The minimum Gasteiger partial charge on any atom is -0.342 e. The quantitative estimate of drug-likeness (QED) is 0.800. The average Bonchev–Trinajstić information content (AvgIpc) is 2.81. The second-order valence-corrected chi connectivity index (χ2v) is 8.47. The van der Waals surface area contributed by atoms with Gasteiger partial charge in [0.05, 0.1) is 5.69 Å². The summed E-state index contributed by atoms with van der Waals surface area (Å²) >= 11 is 0. The van der Waals surface area contributed by atoms with Gasteiger partial charge in [-0.05, 0) is 68.6 Å². The Hall–Kier alpha value is -2.80. The number of piperidine rings is 2. The van der Waals surface area contributed by atoms with E-state index in [0.29, 0.717) is 25.9 Å². The van der Waals surface area contributed by atoms with Crippen LogP contribution < -0.4 is 5.32 Å². The Morgan fingerprint density at radius 2 is 1.58 bits per heavy atom. The number of hydrogen-bond donors (Lipinski definition) is 1. The molecule has 3 heterocycles. The molecular weight excluding hydrogens is 395 g/mol. The van der Waals surface area contributed by atoms with Gasteiger partial charge in [-0.2, -0.15) is 0 Å². The molecule has 0 aliphatic carbocycles. The van der Waals surface area contributed by atoms with Crippen molar-refractivity contribution >= 4 is 17.5 Å². The number of carbonyl (C=O) groups excluding carboxylic acids is 2. The molecule has 0 radical (unpaired) electrons. The van der Waals surface area contributed by atoms with Gasteiger partial charge in [-0.1, -0.05) is 12.1 Å². The van der Waals surface area contributed by atoms with Crippen LogP contribution in [0.2, 0.25) is 0 Å². The molecule has 1 aromatic heterocycles. The number of likely N-dealkylation sites (tertiary alicyclic amines) is 2. The van der Waals surface area contributed by atoms with E-state index in [0.717, 1.165) is 32.5 Å². The smallest absolute Gasteiger partial charge is 0.227 e. The first kappa shape index (κ1) is 21.4. The van der Waals surface area contributed by atoms with Gasteiger partial charge in [-0.3, -0.25) is 19.5 Å². The molecule has 1 N–H and O–H groups in total. The van der Waals surface area contributed by atoms with Crippen molar-refractivity contribution < 1.29 is 14.0 Å². The molecule has 0 bridgehead atoms. The molecule has 2 aliphatic rings. The molecule has 1 aromatic carbocycles. The summed E-state index contributed by atoms with van der Waals surface area (Å²) in [6.45, 7) is 3.91. The minimum atomic E-state index is -0.432. The van der Waals surface area contributed by atoms with Gasteiger partial charge >= 0.3 is 0 Å². The molecule has 7 heteroatoms. The maximum atomic E-state index is 13.8. The van der Waals surface area contributed by atoms with E-state index < -0.39 is 5.82 Å². The highest BCUT2D eigenvalue weighted by Crippen LogP contribution is 2.25. The van der Waals surface area contributed by atoms with Crippen molar-refractivity contribution in [2.75, 3.05) is 31.5 Å². The summed E-state index contributed by atoms with van der Waals surface area (Å²) in [5.41, 5.74) is 1.46. The lowest BCUT2D eigenvalue weighted by Crippen LogP contribution is -2.46. The zero-order valence-corrected chi connectivity index (χ0v) is 17.7. The van der Waals surface area contributed by atoms with Gasteiger partial charge in [-0.25, -0.2) is 4.39 Å². The number of pyridine rings is 1. The predicted octanol–water partition coefficient (Wildman–Crippen LogP) is 3.31. The van der Waals surface area contributed by atoms with Gasteiger partial charge in [-0.15, -0.1) is 0 Å². The van der Waals surface area contributed by atoms with Crippen LogP contribution in [0.25, 0.3) is 0 Å². The molecule has 31 heavy (non-hydrogen) atoms. The standard InChI is InChI=1S/C24H29FN4O2/c25-21-3-1-2-4-22(21)27-23(30)19-9-15-29(16-10-19)24(31)20-7-13-28(14-8-20)17-18-5-11-26-12-6-18/h1-6,11-12,19-20H,7-10,13-17H2,(H,27,30). The van der Waals surface area contributed by atoms with Crippen LogP contribution in [0.1, 0.15) is 31.2 Å². The minimum absolute atomic E-state index is 0.0671. The molecule has 2 aromatic rings. The number of nitrogens with one attached hydrogen (secondary N) is 1. The Balaban J connectivity index is 1.21. The maximum absolute atomic E-state index is 13.8. The zero-order valence-electron chi connectivity index (χ0n) is 17.7. The molecule has 164 valence electrons. The van der Waals surface area contributed by atoms with Crippen LogP contribution in [0.5, 0.6) is 0 Å². The summed E-state index contributed by atoms with van der Waals surface area (Å²) < 4.78 is 13.8. The Bertz CT molecular complexity index is 891. The Morgan fingerprint density at radius 1 is 0.935 bits per heavy atom. The summed E-state index contributed by atoms with van der Waals surface area (Å²) in [7, 11) is 0. The van der Waals surface area contributed by atoms with Crippen molar-refractivity contribution in [3.63, 3.8) is 0 Å². The second-order valence-electron chi connectivity index (χ2n) is 8.47. The van der Waals surface area contributed by atoms with Crippen LogP contribution in [-0.2, 0) is 16.1 Å². The SMILES string of the molecule is O=C(Nc1ccccc1F)C1CCN(C(=O)C2CCN(Cc3ccncc3)CC2)CC1. The lowest BCUT2D eigenvalue weighted by molar-refractivity contribution is -0.139. The number of carbonyl (C=O) groups is 2. The molecule has 2 fully saturated rings. The van der Waals surface area contributed by atoms with E-state index in [9.17, 15) is 14.0 Å². The molecule has 2 saturated heterocycles. The molecular formula is C24H29FN4O2. The highest BCUT2D eigenvalue weighted by Gasteiger charge is 2.32. The third-order valence-electron chi connectivity index (χ3n) is 6.40. The first-order chi connectivity index (χ1) is 15.1. The number of halogens is 1. The first-order valence-corrected chi connectivity index (χ1v) is 11.1. The summed E-state index contributed by atoms with van der Waals surface area (Å²) in [6, 6.07) is 10.3. The summed E-state index contributed by atoms with van der Waals surface area (Å²) in [5.74, 6) is -0.500. The number of aromatic nitrogens is 1. The van der Waals surface area contributed by atoms with Crippen molar-refractivity contribution in [1.29, 1.82) is 0 Å². The molecule has 0 atom stereocenters. The number of hydrogen-bond acceptors (Lipinski definition) is 4. The fourth-order valence-electron chi connectivity index (χ4n) is 4.50. The predicted molar refractivity (Wildman–Crippen MR) is 117 cm³/mol. The van der Waals surface area contributed by atoms with E-state index in [2.05, 4.69) is 15.2 Å². The topological polar surface area (TPSA) is 65.5 Å². The van der Waals surface area contributed by atoms with Gasteiger partial charge in [0, 0.05) is 43.9 Å². The Labute approximate surface area is 182 Å². The number of benzene rings is 1. The number of anilines is 1. The number of amides is 2. The Morgan fingerprint density at radius 3 is 2.26 bits per heavy atom. The van der Waals surface area contributed by atoms with E-state index in [1.807, 2.05) is 29.4 Å². The monoisotopic (exact) mass is 424 g/mol. The highest BCUT2D eigenvalue weighted by molar-refractivity contribution is 5.92. The molecule has 4 rings (SSSR count). The van der Waals surface area contributed by atoms with Gasteiger partial charge in [0.1, 0.15) is 5.82 Å². The van der Waals surface area contributed by atoms with E-state index in [1.165, 1.54) is 11.6 Å². The number of nitrogens with zero attached hydrogens (tertiary/aromatic N) is 3. The van der Waals surface area contributed by atoms with Gasteiger partial charge in [0.15, 0.2) is 0 Å². The lowest BCUT2D eigenvalue weighted by Gasteiger charge is -2.37. The van der Waals surface area contributed by atoms with Gasteiger partial charge < -0.3 is 10.2 Å². The number of rotatable bonds is 5. The third-order valence-corrected chi connectivity index (χ3v) is 6.40. The van der Waals surface area contributed by atoms with Crippen LogP contribution in [0.3, 0.4) is 0 Å². The van der Waals surface area contributed by atoms with Crippen molar-refractivity contribution in [2.45, 2.75) is 32.2 Å². The van der Waals surface area contributed by atoms with Crippen molar-refractivity contribution in [2.24, 2.45) is 11.8 Å². The van der Waals surface area contributed by atoms with Crippen molar-refractivity contribution in [1.82, 2.24) is 14.8 Å². The molecule has 0 spiro atoms. The van der Waals surface area contributed by atoms with Crippen LogP contribution in [0, 0.1) is 17.7 Å². The number of para-hydroxylation sites is 1. The first-order valence-electron chi connectivity index (χ1n) is 11.1. The second kappa shape index (κ2) is 10.0. The van der Waals surface area contributed by atoms with E-state index in [4.69, 9.17) is 0 Å². The van der Waals surface area contributed by atoms with Crippen LogP contribution in [0.15, 0.2) is 48.8 Å². The summed E-state index contributed by atoms with van der Waals surface area (Å²) in [5, 5.41) is 2.69. The van der Waals surface area contributed by atoms with Crippen molar-refractivity contribution in [3.8, 4) is 0 Å². The van der Waals surface area contributed by atoms with Gasteiger partial charge in [0.2, 0.25) is 11.8 Å². The largest absolute Gasteiger partial charge is 0.342 e. The summed E-state index contributed by atoms with van der Waals surface area (Å²) in [4.78, 5) is 33.8. The molecule has 0 unspecified atom stereocenters. The molecule has 0 saturated carbocycles. The lowest BCUT2D eigenvalue weighted by atomic mass is 9.91. The van der Waals surface area contributed by atoms with E-state index in [-0.39, 0.29) is 29.3 Å². The van der Waals surface area contributed by atoms with Crippen LogP contribution >= 0.6 is 0 Å². The summed E-state index contributed by atoms with van der Waals surface area (Å²) in [6.07, 6.45) is 6.60. The highest BCUT2D eigenvalue weighted by atomic mass is 19.1. The van der Waals surface area contributed by atoms with Crippen molar-refractivity contribution in [3.05, 3.63) is 60.2 Å². The fourth-order valence-corrected chi connectivity index (χ4v) is 4.50. The zero-order chi connectivity index (χ0) is 21.6. The third kappa shape index (κ3) is 5.47. The molecule has 2 aliphatic heterocycles.